The minimum Gasteiger partial charge on any atom is -0.337 e. The fourth-order valence-electron chi connectivity index (χ4n) is 3.56. The number of rotatable bonds is 6. The van der Waals surface area contributed by atoms with Gasteiger partial charge >= 0.3 is 6.03 Å². The maximum atomic E-state index is 12.6. The van der Waals surface area contributed by atoms with Crippen molar-refractivity contribution in [3.8, 4) is 0 Å². The lowest BCUT2D eigenvalue weighted by molar-refractivity contribution is -0.123. The van der Waals surface area contributed by atoms with E-state index in [2.05, 4.69) is 10.6 Å². The van der Waals surface area contributed by atoms with Gasteiger partial charge in [-0.1, -0.05) is 36.7 Å². The Bertz CT molecular complexity index is 1200. The van der Waals surface area contributed by atoms with E-state index < -0.39 is 6.03 Å². The third-order valence-electron chi connectivity index (χ3n) is 4.97. The SMILES string of the molecule is CCCN1C(=O)N/C(=C/c2cn(CC(=O)Nc3ccc(Cl)cc3)c3ccccc23)C1=O. The van der Waals surface area contributed by atoms with Crippen LogP contribution in [0.4, 0.5) is 10.5 Å². The lowest BCUT2D eigenvalue weighted by Crippen LogP contribution is -2.31. The van der Waals surface area contributed by atoms with E-state index in [0.29, 0.717) is 23.7 Å². The average Bonchev–Trinajstić information content (AvgIpc) is 3.22. The van der Waals surface area contributed by atoms with Crippen molar-refractivity contribution in [2.24, 2.45) is 0 Å². The lowest BCUT2D eigenvalue weighted by atomic mass is 10.1. The third kappa shape index (κ3) is 4.32. The van der Waals surface area contributed by atoms with E-state index in [1.807, 2.05) is 35.8 Å². The van der Waals surface area contributed by atoms with Crippen LogP contribution >= 0.6 is 11.6 Å². The van der Waals surface area contributed by atoms with E-state index in [-0.39, 0.29) is 24.1 Å². The average molecular weight is 437 g/mol. The second-order valence-electron chi connectivity index (χ2n) is 7.23. The van der Waals surface area contributed by atoms with Gasteiger partial charge in [-0.15, -0.1) is 0 Å². The molecule has 7 nitrogen and oxygen atoms in total. The molecule has 3 aromatic rings. The monoisotopic (exact) mass is 436 g/mol. The standard InChI is InChI=1S/C23H21ClN4O3/c1-2-11-28-22(30)19(26-23(28)31)12-15-13-27(20-6-4-3-5-18(15)20)14-21(29)25-17-9-7-16(24)8-10-17/h3-10,12-13H,2,11,14H2,1H3,(H,25,29)(H,26,31)/b19-12+. The molecule has 0 unspecified atom stereocenters. The van der Waals surface area contributed by atoms with Crippen molar-refractivity contribution in [1.29, 1.82) is 0 Å². The largest absolute Gasteiger partial charge is 0.337 e. The van der Waals surface area contributed by atoms with Crippen LogP contribution in [0.5, 0.6) is 0 Å². The zero-order valence-electron chi connectivity index (χ0n) is 16.9. The molecule has 8 heteroatoms. The number of fused-ring (bicyclic) bond motifs is 1. The van der Waals surface area contributed by atoms with E-state index in [0.717, 1.165) is 16.5 Å². The second kappa shape index (κ2) is 8.65. The van der Waals surface area contributed by atoms with Gasteiger partial charge in [-0.25, -0.2) is 4.79 Å². The highest BCUT2D eigenvalue weighted by Gasteiger charge is 2.32. The number of para-hydroxylation sites is 1. The summed E-state index contributed by atoms with van der Waals surface area (Å²) in [6.07, 6.45) is 4.15. The summed E-state index contributed by atoms with van der Waals surface area (Å²) in [6, 6.07) is 14.1. The lowest BCUT2D eigenvalue weighted by Gasteiger charge is -2.08. The van der Waals surface area contributed by atoms with Crippen molar-refractivity contribution in [1.82, 2.24) is 14.8 Å². The van der Waals surface area contributed by atoms with Gasteiger partial charge in [-0.2, -0.15) is 0 Å². The number of nitrogens with zero attached hydrogens (tertiary/aromatic N) is 2. The smallest absolute Gasteiger partial charge is 0.329 e. The number of carbonyl (C=O) groups excluding carboxylic acids is 3. The molecule has 0 aliphatic carbocycles. The summed E-state index contributed by atoms with van der Waals surface area (Å²) in [5, 5.41) is 6.96. The number of nitrogens with one attached hydrogen (secondary N) is 2. The van der Waals surface area contributed by atoms with E-state index in [4.69, 9.17) is 11.6 Å². The van der Waals surface area contributed by atoms with Crippen LogP contribution in [0.1, 0.15) is 18.9 Å². The van der Waals surface area contributed by atoms with Crippen LogP contribution < -0.4 is 10.6 Å². The van der Waals surface area contributed by atoms with Crippen molar-refractivity contribution in [2.45, 2.75) is 19.9 Å². The van der Waals surface area contributed by atoms with Crippen LogP contribution in [0.15, 0.2) is 60.4 Å². The number of hydrogen-bond acceptors (Lipinski definition) is 3. The first-order valence-electron chi connectivity index (χ1n) is 9.94. The molecule has 1 fully saturated rings. The molecule has 0 radical (unpaired) electrons. The zero-order chi connectivity index (χ0) is 22.0. The van der Waals surface area contributed by atoms with E-state index in [9.17, 15) is 14.4 Å². The highest BCUT2D eigenvalue weighted by molar-refractivity contribution is 6.30. The molecule has 158 valence electrons. The van der Waals surface area contributed by atoms with Crippen molar-refractivity contribution < 1.29 is 14.4 Å². The van der Waals surface area contributed by atoms with Gasteiger partial charge in [-0.3, -0.25) is 14.5 Å². The van der Waals surface area contributed by atoms with Gasteiger partial charge in [-0.05, 0) is 42.8 Å². The van der Waals surface area contributed by atoms with Crippen LogP contribution in [0.3, 0.4) is 0 Å². The molecule has 0 spiro atoms. The number of aromatic nitrogens is 1. The molecule has 0 bridgehead atoms. The van der Waals surface area contributed by atoms with Crippen molar-refractivity contribution >= 4 is 52.1 Å². The number of carbonyl (C=O) groups is 3. The Hall–Kier alpha value is -3.58. The molecule has 0 saturated carbocycles. The van der Waals surface area contributed by atoms with Crippen LogP contribution in [0.25, 0.3) is 17.0 Å². The maximum Gasteiger partial charge on any atom is 0.329 e. The first-order chi connectivity index (χ1) is 15.0. The number of imide groups is 1. The molecule has 4 rings (SSSR count). The number of halogens is 1. The normalized spacial score (nSPS) is 15.0. The van der Waals surface area contributed by atoms with Crippen LogP contribution in [0, 0.1) is 0 Å². The van der Waals surface area contributed by atoms with Crippen molar-refractivity contribution in [2.75, 3.05) is 11.9 Å². The molecule has 1 aliphatic heterocycles. The highest BCUT2D eigenvalue weighted by atomic mass is 35.5. The summed E-state index contributed by atoms with van der Waals surface area (Å²) in [4.78, 5) is 38.4. The van der Waals surface area contributed by atoms with Crippen LogP contribution in [-0.2, 0) is 16.1 Å². The molecule has 31 heavy (non-hydrogen) atoms. The first-order valence-corrected chi connectivity index (χ1v) is 10.3. The van der Waals surface area contributed by atoms with Gasteiger partial charge in [0.25, 0.3) is 5.91 Å². The Morgan fingerprint density at radius 3 is 2.61 bits per heavy atom. The van der Waals surface area contributed by atoms with E-state index in [1.54, 1.807) is 36.5 Å². The Morgan fingerprint density at radius 1 is 1.13 bits per heavy atom. The fraction of sp³-hybridized carbons (Fsp3) is 0.174. The third-order valence-corrected chi connectivity index (χ3v) is 5.22. The molecular formula is C23H21ClN4O3. The molecule has 2 aromatic carbocycles. The summed E-state index contributed by atoms with van der Waals surface area (Å²) in [5.74, 6) is -0.536. The summed E-state index contributed by atoms with van der Waals surface area (Å²) in [5.41, 5.74) is 2.48. The Kier molecular flexibility index (Phi) is 5.77. The van der Waals surface area contributed by atoms with Gasteiger partial charge in [0.1, 0.15) is 12.2 Å². The Balaban J connectivity index is 1.60. The van der Waals surface area contributed by atoms with Crippen LogP contribution in [-0.4, -0.2) is 33.9 Å². The molecule has 2 heterocycles. The topological polar surface area (TPSA) is 83.4 Å². The summed E-state index contributed by atoms with van der Waals surface area (Å²) >= 11 is 5.89. The van der Waals surface area contributed by atoms with Crippen molar-refractivity contribution in [3.05, 3.63) is 71.0 Å². The molecule has 0 atom stereocenters. The molecule has 1 aromatic heterocycles. The number of amides is 4. The van der Waals surface area contributed by atoms with Gasteiger partial charge in [0, 0.05) is 39.9 Å². The summed E-state index contributed by atoms with van der Waals surface area (Å²) in [6.45, 7) is 2.37. The maximum absolute atomic E-state index is 12.6. The van der Waals surface area contributed by atoms with Gasteiger partial charge in [0.15, 0.2) is 0 Å². The predicted molar refractivity (Wildman–Crippen MR) is 121 cm³/mol. The molecule has 1 saturated heterocycles. The minimum atomic E-state index is -0.413. The number of hydrogen-bond donors (Lipinski definition) is 2. The Morgan fingerprint density at radius 2 is 1.87 bits per heavy atom. The van der Waals surface area contributed by atoms with Crippen LogP contribution in [0.2, 0.25) is 5.02 Å². The van der Waals surface area contributed by atoms with Crippen molar-refractivity contribution in [3.63, 3.8) is 0 Å². The highest BCUT2D eigenvalue weighted by Crippen LogP contribution is 2.25. The number of anilines is 1. The van der Waals surface area contributed by atoms with Gasteiger partial charge in [0.2, 0.25) is 5.91 Å². The summed E-state index contributed by atoms with van der Waals surface area (Å²) < 4.78 is 1.82. The van der Waals surface area contributed by atoms with Gasteiger partial charge in [0.05, 0.1) is 0 Å². The van der Waals surface area contributed by atoms with E-state index in [1.165, 1.54) is 4.90 Å². The minimum absolute atomic E-state index is 0.0918. The predicted octanol–water partition coefficient (Wildman–Crippen LogP) is 4.24. The molecule has 1 aliphatic rings. The Labute approximate surface area is 184 Å². The second-order valence-corrected chi connectivity index (χ2v) is 7.67. The molecular weight excluding hydrogens is 416 g/mol. The van der Waals surface area contributed by atoms with Gasteiger partial charge < -0.3 is 15.2 Å². The quantitative estimate of drug-likeness (QED) is 0.448. The number of urea groups is 1. The fourth-order valence-corrected chi connectivity index (χ4v) is 3.69. The number of benzene rings is 2. The first kappa shape index (κ1) is 20.7. The molecule has 4 amide bonds. The zero-order valence-corrected chi connectivity index (χ0v) is 17.6. The van der Waals surface area contributed by atoms with E-state index >= 15 is 0 Å². The summed E-state index contributed by atoms with van der Waals surface area (Å²) in [7, 11) is 0. The molecule has 2 N–H and O–H groups in total.